The lowest BCUT2D eigenvalue weighted by atomic mass is 9.90. The number of carbonyl (C=O) groups excluding carboxylic acids is 10. The molecule has 0 bridgehead atoms. The van der Waals surface area contributed by atoms with Gasteiger partial charge in [-0.3, -0.25) is 38.4 Å². The van der Waals surface area contributed by atoms with Gasteiger partial charge in [0.25, 0.3) is 0 Å². The summed E-state index contributed by atoms with van der Waals surface area (Å²) in [7, 11) is 0. The van der Waals surface area contributed by atoms with E-state index in [2.05, 4.69) is 10.6 Å². The average molecular weight is 1200 g/mol. The van der Waals surface area contributed by atoms with E-state index in [1.54, 1.807) is 117 Å². The van der Waals surface area contributed by atoms with E-state index in [-0.39, 0.29) is 68.4 Å². The Morgan fingerprint density at radius 2 is 0.847 bits per heavy atom. The van der Waals surface area contributed by atoms with Crippen molar-refractivity contribution in [3.8, 4) is 0 Å². The topological polar surface area (TPSA) is 331 Å². The number of rotatable bonds is 27. The second kappa shape index (κ2) is 36.7. The van der Waals surface area contributed by atoms with E-state index < -0.39 is 114 Å². The fourth-order valence-electron chi connectivity index (χ4n) is 7.01. The molecule has 2 aromatic carbocycles. The predicted octanol–water partition coefficient (Wildman–Crippen LogP) is 8.07. The fourth-order valence-corrected chi connectivity index (χ4v) is 7.01. The molecule has 4 N–H and O–H groups in total. The zero-order valence-electron chi connectivity index (χ0n) is 52.5. The van der Waals surface area contributed by atoms with Crippen LogP contribution in [-0.2, 0) is 89.6 Å². The summed E-state index contributed by atoms with van der Waals surface area (Å²) in [4.78, 5) is 149. The van der Waals surface area contributed by atoms with Crippen molar-refractivity contribution in [3.63, 3.8) is 0 Å². The first-order valence-corrected chi connectivity index (χ1v) is 27.8. The molecule has 24 heteroatoms. The van der Waals surface area contributed by atoms with Gasteiger partial charge in [0.15, 0.2) is 5.78 Å². The minimum absolute atomic E-state index is 0.0118. The van der Waals surface area contributed by atoms with E-state index in [9.17, 15) is 57.5 Å². The van der Waals surface area contributed by atoms with E-state index in [1.165, 1.54) is 6.92 Å². The van der Waals surface area contributed by atoms with E-state index >= 15 is 0 Å². The van der Waals surface area contributed by atoms with Crippen LogP contribution in [0.25, 0.3) is 0 Å². The van der Waals surface area contributed by atoms with Crippen LogP contribution in [0.4, 0.5) is 9.59 Å². The van der Waals surface area contributed by atoms with Gasteiger partial charge in [-0.1, -0.05) is 81.4 Å². The van der Waals surface area contributed by atoms with Gasteiger partial charge in [0.1, 0.15) is 73.1 Å². The van der Waals surface area contributed by atoms with Crippen LogP contribution in [0.5, 0.6) is 0 Å². The molecule has 0 saturated carbocycles. The van der Waals surface area contributed by atoms with Crippen molar-refractivity contribution in [1.29, 1.82) is 0 Å². The molecule has 0 saturated heterocycles. The molecule has 85 heavy (non-hydrogen) atoms. The minimum Gasteiger partial charge on any atom is -0.481 e. The maximum absolute atomic E-state index is 14.1. The first-order chi connectivity index (χ1) is 38.9. The SMILES string of the molecule is CC(=O)CCCC(=O)OC(C)(C)C.CC(C)(C)CC(=O)CN(CC(=O)OC(C)(C)C)C(=O)CCC(NC(=O)OCc1ccccc1)C(=O)N(CC(=O)OC(C)(C)C)CC(=O)OC(C)(C)C.O=C(O)CCC(NC(=O)OCc1ccccc1)C(=O)O. The molecular weight excluding hydrogens is 1110 g/mol. The van der Waals surface area contributed by atoms with Crippen molar-refractivity contribution < 1.29 is 96.2 Å². The van der Waals surface area contributed by atoms with Crippen LogP contribution in [-0.4, -0.2) is 152 Å². The number of Topliss-reactive ketones (excluding diaryl/α,β-unsaturated/α-hetero) is 2. The molecule has 2 aromatic rings. The number of nitrogens with one attached hydrogen (secondary N) is 2. The lowest BCUT2D eigenvalue weighted by molar-refractivity contribution is -0.164. The van der Waals surface area contributed by atoms with Crippen LogP contribution < -0.4 is 10.6 Å². The smallest absolute Gasteiger partial charge is 0.408 e. The molecule has 0 aromatic heterocycles. The molecule has 0 fully saturated rings. The third-order valence-electron chi connectivity index (χ3n) is 10.2. The maximum Gasteiger partial charge on any atom is 0.408 e. The molecule has 0 spiro atoms. The Kier molecular flexibility index (Phi) is 33.3. The van der Waals surface area contributed by atoms with Gasteiger partial charge in [-0.2, -0.15) is 0 Å². The van der Waals surface area contributed by atoms with Crippen molar-refractivity contribution in [2.45, 2.75) is 210 Å². The molecule has 2 rings (SSSR count). The number of ether oxygens (including phenoxy) is 6. The number of hydrogen-bond acceptors (Lipinski definition) is 18. The Labute approximate surface area is 499 Å². The van der Waals surface area contributed by atoms with Crippen molar-refractivity contribution in [2.24, 2.45) is 5.41 Å². The van der Waals surface area contributed by atoms with Crippen LogP contribution in [0, 0.1) is 5.41 Å². The van der Waals surface area contributed by atoms with E-state index in [0.29, 0.717) is 24.8 Å². The zero-order valence-corrected chi connectivity index (χ0v) is 52.5. The lowest BCUT2D eigenvalue weighted by Gasteiger charge is -2.30. The lowest BCUT2D eigenvalue weighted by Crippen LogP contribution is -2.52. The molecule has 476 valence electrons. The van der Waals surface area contributed by atoms with Crippen molar-refractivity contribution in [2.75, 3.05) is 26.2 Å². The van der Waals surface area contributed by atoms with Crippen LogP contribution in [0.1, 0.15) is 173 Å². The summed E-state index contributed by atoms with van der Waals surface area (Å²) in [6.07, 6.45) is -1.72. The molecule has 24 nitrogen and oxygen atoms in total. The number of hydrogen-bond donors (Lipinski definition) is 4. The van der Waals surface area contributed by atoms with Crippen LogP contribution in [0.3, 0.4) is 0 Å². The molecule has 0 radical (unpaired) electrons. The highest BCUT2D eigenvalue weighted by Crippen LogP contribution is 2.20. The Hall–Kier alpha value is -7.92. The quantitative estimate of drug-likeness (QED) is 0.0485. The molecule has 0 aliphatic heterocycles. The van der Waals surface area contributed by atoms with Gasteiger partial charge in [-0.15, -0.1) is 0 Å². The van der Waals surface area contributed by atoms with Crippen LogP contribution >= 0.6 is 0 Å². The number of alkyl carbamates (subject to hydrolysis) is 2. The molecule has 2 unspecified atom stereocenters. The number of carboxylic acids is 2. The van der Waals surface area contributed by atoms with E-state index in [1.807, 2.05) is 47.6 Å². The third kappa shape index (κ3) is 42.5. The Balaban J connectivity index is 0.00000172. The fraction of sp³-hybridized carbons (Fsp3) is 0.607. The molecule has 2 atom stereocenters. The highest BCUT2D eigenvalue weighted by Gasteiger charge is 2.34. The van der Waals surface area contributed by atoms with E-state index in [0.717, 1.165) is 15.4 Å². The third-order valence-corrected chi connectivity index (χ3v) is 10.2. The van der Waals surface area contributed by atoms with Gasteiger partial charge in [0.2, 0.25) is 11.8 Å². The van der Waals surface area contributed by atoms with Crippen LogP contribution in [0.15, 0.2) is 60.7 Å². The first-order valence-electron chi connectivity index (χ1n) is 27.8. The summed E-state index contributed by atoms with van der Waals surface area (Å²) in [6.45, 7) is 25.1. The average Bonchev–Trinajstić information content (AvgIpc) is 3.36. The standard InChI is InChI=1S/C38H59N3O11.C13H15NO6.C10H18O3/c1-35(2,3)20-27(42)21-40(22-30(44)50-36(4,5)6)29(43)19-18-28(39-34(48)49-25-26-16-14-13-15-17-26)33(47)41(23-31(45)51-37(7,8)9)24-32(46)52-38(10,11)12;15-11(16)7-6-10(12(17)18)14-13(19)20-8-9-4-2-1-3-5-9;1-8(11)6-5-7-9(12)13-10(2,3)4/h13-17,28H,18-25H2,1-12H3,(H,39,48);1-5,10H,6-8H2,(H,14,19)(H,15,16)(H,17,18);5-7H2,1-4H3. The second-order valence-electron chi connectivity index (χ2n) is 24.9. The maximum atomic E-state index is 14.1. The number of aliphatic carboxylic acids is 2. The van der Waals surface area contributed by atoms with Crippen molar-refractivity contribution >= 4 is 71.4 Å². The molecule has 4 amide bonds. The number of benzene rings is 2. The minimum atomic E-state index is -1.49. The summed E-state index contributed by atoms with van der Waals surface area (Å²) < 4.78 is 31.4. The Morgan fingerprint density at radius 1 is 0.471 bits per heavy atom. The van der Waals surface area contributed by atoms with Crippen molar-refractivity contribution in [3.05, 3.63) is 71.8 Å². The number of amides is 4. The van der Waals surface area contributed by atoms with Gasteiger partial charge < -0.3 is 63.9 Å². The number of ketones is 2. The zero-order chi connectivity index (χ0) is 65.5. The van der Waals surface area contributed by atoms with Crippen LogP contribution in [0.2, 0.25) is 0 Å². The highest BCUT2D eigenvalue weighted by molar-refractivity contribution is 5.93. The van der Waals surface area contributed by atoms with Crippen molar-refractivity contribution in [1.82, 2.24) is 20.4 Å². The summed E-state index contributed by atoms with van der Waals surface area (Å²) in [5, 5.41) is 21.9. The first kappa shape index (κ1) is 77.1. The largest absolute Gasteiger partial charge is 0.481 e. The number of esters is 4. The van der Waals surface area contributed by atoms with Gasteiger partial charge in [-0.25, -0.2) is 14.4 Å². The normalized spacial score (nSPS) is 12.0. The Bertz CT molecular complexity index is 2460. The summed E-state index contributed by atoms with van der Waals surface area (Å²) >= 11 is 0. The van der Waals surface area contributed by atoms with Gasteiger partial charge in [0, 0.05) is 32.1 Å². The highest BCUT2D eigenvalue weighted by atomic mass is 16.6. The summed E-state index contributed by atoms with van der Waals surface area (Å²) in [6, 6.07) is 14.9. The van der Waals surface area contributed by atoms with Gasteiger partial charge in [-0.05, 0) is 126 Å². The number of carboxylic acid groups (broad SMARTS) is 2. The summed E-state index contributed by atoms with van der Waals surface area (Å²) in [5.41, 5.74) is -2.05. The van der Waals surface area contributed by atoms with Gasteiger partial charge >= 0.3 is 48.0 Å². The predicted molar refractivity (Wildman–Crippen MR) is 311 cm³/mol. The number of carbonyl (C=O) groups is 12. The Morgan fingerprint density at radius 3 is 1.21 bits per heavy atom. The molecule has 0 aliphatic carbocycles. The summed E-state index contributed by atoms with van der Waals surface area (Å²) in [5.74, 6) is -6.80. The monoisotopic (exact) mass is 1200 g/mol. The molecular formula is C61H92N4O20. The molecule has 0 aliphatic rings. The van der Waals surface area contributed by atoms with Gasteiger partial charge in [0.05, 0.1) is 6.54 Å². The molecule has 0 heterocycles. The van der Waals surface area contributed by atoms with E-state index in [4.69, 9.17) is 38.6 Å². The second-order valence-corrected chi connectivity index (χ2v) is 24.9. The number of nitrogens with zero attached hydrogens (tertiary/aromatic N) is 2.